The summed E-state index contributed by atoms with van der Waals surface area (Å²) in [4.78, 5) is 24.2. The van der Waals surface area contributed by atoms with Crippen LogP contribution in [0.2, 0.25) is 0 Å². The third kappa shape index (κ3) is 3.85. The van der Waals surface area contributed by atoms with E-state index in [1.165, 1.54) is 0 Å². The molecule has 0 fully saturated rings. The quantitative estimate of drug-likeness (QED) is 0.784. The number of benzene rings is 1. The molecule has 0 saturated carbocycles. The average molecular weight is 383 g/mol. The number of esters is 1. The Hall–Kier alpha value is -2.02. The van der Waals surface area contributed by atoms with Crippen LogP contribution in [0, 0.1) is 0 Å². The second kappa shape index (κ2) is 7.04. The SMILES string of the molecule is COc1ccc(C2NC(=O)NC(C)=C2C(=O)OC(C)C)cc1Br. The van der Waals surface area contributed by atoms with Crippen LogP contribution in [0.25, 0.3) is 0 Å². The first-order valence-electron chi connectivity index (χ1n) is 7.16. The van der Waals surface area contributed by atoms with Crippen molar-refractivity contribution in [3.63, 3.8) is 0 Å². The molecule has 0 aromatic heterocycles. The Morgan fingerprint density at radius 1 is 1.35 bits per heavy atom. The maximum atomic E-state index is 12.4. The van der Waals surface area contributed by atoms with Gasteiger partial charge in [0.15, 0.2) is 0 Å². The van der Waals surface area contributed by atoms with Crippen molar-refractivity contribution in [2.75, 3.05) is 7.11 Å². The van der Waals surface area contributed by atoms with Crippen molar-refractivity contribution in [1.29, 1.82) is 0 Å². The molecule has 23 heavy (non-hydrogen) atoms. The normalized spacial score (nSPS) is 17.7. The molecule has 0 bridgehead atoms. The summed E-state index contributed by atoms with van der Waals surface area (Å²) in [5.74, 6) is 0.211. The Morgan fingerprint density at radius 2 is 2.04 bits per heavy atom. The van der Waals surface area contributed by atoms with E-state index in [-0.39, 0.29) is 12.1 Å². The fraction of sp³-hybridized carbons (Fsp3) is 0.375. The minimum atomic E-state index is -0.586. The summed E-state index contributed by atoms with van der Waals surface area (Å²) in [5, 5.41) is 5.37. The van der Waals surface area contributed by atoms with Crippen molar-refractivity contribution in [1.82, 2.24) is 10.6 Å². The van der Waals surface area contributed by atoms with Gasteiger partial charge >= 0.3 is 12.0 Å². The van der Waals surface area contributed by atoms with Gasteiger partial charge in [0, 0.05) is 5.70 Å². The molecule has 124 valence electrons. The van der Waals surface area contributed by atoms with Gasteiger partial charge in [0.25, 0.3) is 0 Å². The molecule has 1 heterocycles. The van der Waals surface area contributed by atoms with Gasteiger partial charge in [-0.05, 0) is 54.4 Å². The number of halogens is 1. The van der Waals surface area contributed by atoms with Gasteiger partial charge in [0.05, 0.1) is 29.3 Å². The van der Waals surface area contributed by atoms with Crippen molar-refractivity contribution in [3.8, 4) is 5.75 Å². The molecule has 1 atom stereocenters. The van der Waals surface area contributed by atoms with Gasteiger partial charge in [-0.3, -0.25) is 0 Å². The van der Waals surface area contributed by atoms with E-state index in [4.69, 9.17) is 9.47 Å². The molecule has 0 spiro atoms. The van der Waals surface area contributed by atoms with E-state index in [1.54, 1.807) is 40.0 Å². The van der Waals surface area contributed by atoms with Crippen LogP contribution in [-0.2, 0) is 9.53 Å². The molecular weight excluding hydrogens is 364 g/mol. The van der Waals surface area contributed by atoms with Gasteiger partial charge in [-0.1, -0.05) is 6.07 Å². The van der Waals surface area contributed by atoms with Crippen molar-refractivity contribution in [2.24, 2.45) is 0 Å². The molecule has 1 aromatic rings. The number of allylic oxidation sites excluding steroid dienone is 1. The van der Waals surface area contributed by atoms with Crippen LogP contribution in [0.4, 0.5) is 4.79 Å². The molecule has 1 aromatic carbocycles. The molecule has 7 heteroatoms. The first-order chi connectivity index (χ1) is 10.8. The van der Waals surface area contributed by atoms with Crippen LogP contribution in [-0.4, -0.2) is 25.2 Å². The molecule has 0 aliphatic carbocycles. The number of rotatable bonds is 4. The first kappa shape index (κ1) is 17.3. The lowest BCUT2D eigenvalue weighted by Crippen LogP contribution is -2.45. The summed E-state index contributed by atoms with van der Waals surface area (Å²) in [6, 6.07) is 4.44. The summed E-state index contributed by atoms with van der Waals surface area (Å²) in [6.07, 6.45) is -0.247. The highest BCUT2D eigenvalue weighted by Crippen LogP contribution is 2.33. The maximum absolute atomic E-state index is 12.4. The number of hydrogen-bond donors (Lipinski definition) is 2. The topological polar surface area (TPSA) is 76.7 Å². The van der Waals surface area contributed by atoms with E-state index < -0.39 is 12.0 Å². The summed E-state index contributed by atoms with van der Waals surface area (Å²) in [6.45, 7) is 5.24. The fourth-order valence-corrected chi connectivity index (χ4v) is 2.91. The van der Waals surface area contributed by atoms with Crippen molar-refractivity contribution in [2.45, 2.75) is 32.9 Å². The third-order valence-electron chi connectivity index (χ3n) is 3.34. The van der Waals surface area contributed by atoms with Gasteiger partial charge in [-0.15, -0.1) is 0 Å². The van der Waals surface area contributed by atoms with E-state index >= 15 is 0 Å². The molecule has 2 rings (SSSR count). The molecule has 1 aliphatic rings. The van der Waals surface area contributed by atoms with Gasteiger partial charge in [0.1, 0.15) is 5.75 Å². The molecule has 0 saturated heterocycles. The van der Waals surface area contributed by atoms with E-state index in [2.05, 4.69) is 26.6 Å². The Kier molecular flexibility index (Phi) is 5.30. The van der Waals surface area contributed by atoms with Crippen LogP contribution in [0.5, 0.6) is 5.75 Å². The molecular formula is C16H19BrN2O4. The highest BCUT2D eigenvalue weighted by Gasteiger charge is 2.32. The van der Waals surface area contributed by atoms with Crippen molar-refractivity contribution < 1.29 is 19.1 Å². The van der Waals surface area contributed by atoms with E-state index in [0.29, 0.717) is 17.0 Å². The number of nitrogens with one attached hydrogen (secondary N) is 2. The average Bonchev–Trinajstić information content (AvgIpc) is 2.45. The Morgan fingerprint density at radius 3 is 2.61 bits per heavy atom. The highest BCUT2D eigenvalue weighted by atomic mass is 79.9. The predicted molar refractivity (Wildman–Crippen MR) is 89.0 cm³/mol. The number of urea groups is 1. The second-order valence-corrected chi connectivity index (χ2v) is 6.27. The zero-order chi connectivity index (χ0) is 17.1. The largest absolute Gasteiger partial charge is 0.496 e. The van der Waals surface area contributed by atoms with E-state index in [0.717, 1.165) is 10.0 Å². The first-order valence-corrected chi connectivity index (χ1v) is 7.95. The lowest BCUT2D eigenvalue weighted by atomic mass is 9.95. The fourth-order valence-electron chi connectivity index (χ4n) is 2.35. The Balaban J connectivity index is 2.44. The number of carbonyl (C=O) groups is 2. The molecule has 1 unspecified atom stereocenters. The zero-order valence-electron chi connectivity index (χ0n) is 13.4. The maximum Gasteiger partial charge on any atom is 0.338 e. The van der Waals surface area contributed by atoms with Crippen molar-refractivity contribution >= 4 is 27.9 Å². The Labute approximate surface area is 143 Å². The monoisotopic (exact) mass is 382 g/mol. The van der Waals surface area contributed by atoms with E-state index in [1.807, 2.05) is 6.07 Å². The van der Waals surface area contributed by atoms with Crippen LogP contribution in [0.1, 0.15) is 32.4 Å². The lowest BCUT2D eigenvalue weighted by molar-refractivity contribution is -0.143. The van der Waals surface area contributed by atoms with Crippen LogP contribution < -0.4 is 15.4 Å². The summed E-state index contributed by atoms with van der Waals surface area (Å²) < 4.78 is 11.2. The van der Waals surface area contributed by atoms with E-state index in [9.17, 15) is 9.59 Å². The minimum Gasteiger partial charge on any atom is -0.496 e. The molecule has 6 nitrogen and oxygen atoms in total. The number of amides is 2. The smallest absolute Gasteiger partial charge is 0.338 e. The summed E-state index contributed by atoms with van der Waals surface area (Å²) >= 11 is 3.42. The molecule has 2 amide bonds. The number of ether oxygens (including phenoxy) is 2. The molecule has 0 radical (unpaired) electrons. The Bertz CT molecular complexity index is 670. The van der Waals surface area contributed by atoms with Crippen LogP contribution in [0.3, 0.4) is 0 Å². The summed E-state index contributed by atoms with van der Waals surface area (Å²) in [7, 11) is 1.57. The van der Waals surface area contributed by atoms with Gasteiger partial charge in [-0.2, -0.15) is 0 Å². The zero-order valence-corrected chi connectivity index (χ0v) is 15.0. The molecule has 2 N–H and O–H groups in total. The summed E-state index contributed by atoms with van der Waals surface area (Å²) in [5.41, 5.74) is 1.62. The van der Waals surface area contributed by atoms with Gasteiger partial charge in [-0.25, -0.2) is 9.59 Å². The third-order valence-corrected chi connectivity index (χ3v) is 3.96. The number of carbonyl (C=O) groups excluding carboxylic acids is 2. The predicted octanol–water partition coefficient (Wildman–Crippen LogP) is 3.04. The molecule has 1 aliphatic heterocycles. The van der Waals surface area contributed by atoms with Crippen LogP contribution in [0.15, 0.2) is 33.9 Å². The minimum absolute atomic E-state index is 0.247. The standard InChI is InChI=1S/C16H19BrN2O4/c1-8(2)23-15(20)13-9(3)18-16(21)19-14(13)10-5-6-12(22-4)11(17)7-10/h5-8,14H,1-4H3,(H2,18,19,21). The number of hydrogen-bond acceptors (Lipinski definition) is 4. The lowest BCUT2D eigenvalue weighted by Gasteiger charge is -2.28. The highest BCUT2D eigenvalue weighted by molar-refractivity contribution is 9.10. The van der Waals surface area contributed by atoms with Gasteiger partial charge < -0.3 is 20.1 Å². The second-order valence-electron chi connectivity index (χ2n) is 5.42. The van der Waals surface area contributed by atoms with Gasteiger partial charge in [0.2, 0.25) is 0 Å². The number of methoxy groups -OCH3 is 1. The van der Waals surface area contributed by atoms with Crippen LogP contribution >= 0.6 is 15.9 Å². The van der Waals surface area contributed by atoms with Crippen molar-refractivity contribution in [3.05, 3.63) is 39.5 Å².